The molecule has 1 amide bonds. The molecule has 2 aromatic rings. The van der Waals surface area contributed by atoms with Gasteiger partial charge in [0.2, 0.25) is 0 Å². The SMILES string of the molecule is CNc1cnc(C(=O)NC(C)c2ccccc2Cl)cn1. The van der Waals surface area contributed by atoms with Gasteiger partial charge >= 0.3 is 0 Å². The summed E-state index contributed by atoms with van der Waals surface area (Å²) < 4.78 is 0. The summed E-state index contributed by atoms with van der Waals surface area (Å²) in [5.41, 5.74) is 1.13. The number of benzene rings is 1. The Morgan fingerprint density at radius 3 is 2.60 bits per heavy atom. The zero-order valence-electron chi connectivity index (χ0n) is 11.2. The van der Waals surface area contributed by atoms with Gasteiger partial charge in [0, 0.05) is 12.1 Å². The molecule has 0 aliphatic carbocycles. The molecule has 2 N–H and O–H groups in total. The molecule has 104 valence electrons. The summed E-state index contributed by atoms with van der Waals surface area (Å²) in [5.74, 6) is 0.327. The Labute approximate surface area is 122 Å². The van der Waals surface area contributed by atoms with Crippen LogP contribution in [0, 0.1) is 0 Å². The van der Waals surface area contributed by atoms with E-state index in [4.69, 9.17) is 11.6 Å². The molecule has 1 heterocycles. The maximum Gasteiger partial charge on any atom is 0.271 e. The molecule has 1 unspecified atom stereocenters. The highest BCUT2D eigenvalue weighted by molar-refractivity contribution is 6.31. The van der Waals surface area contributed by atoms with E-state index in [-0.39, 0.29) is 17.6 Å². The van der Waals surface area contributed by atoms with E-state index in [1.807, 2.05) is 25.1 Å². The summed E-state index contributed by atoms with van der Waals surface area (Å²) in [6.45, 7) is 1.87. The number of nitrogens with zero attached hydrogens (tertiary/aromatic N) is 2. The standard InChI is InChI=1S/C14H15ClN4O/c1-9(10-5-3-4-6-11(10)15)19-14(20)12-7-18-13(16-2)8-17-12/h3-9H,1-2H3,(H,16,18)(H,19,20). The van der Waals surface area contributed by atoms with Crippen molar-refractivity contribution in [1.29, 1.82) is 0 Å². The average Bonchev–Trinajstić information content (AvgIpc) is 2.47. The Bertz CT molecular complexity index is 600. The Morgan fingerprint density at radius 2 is 2.00 bits per heavy atom. The van der Waals surface area contributed by atoms with Gasteiger partial charge in [-0.3, -0.25) is 4.79 Å². The van der Waals surface area contributed by atoms with Crippen LogP contribution in [-0.4, -0.2) is 22.9 Å². The van der Waals surface area contributed by atoms with E-state index in [9.17, 15) is 4.79 Å². The number of carbonyl (C=O) groups is 1. The Hall–Kier alpha value is -2.14. The molecule has 0 aliphatic rings. The minimum atomic E-state index is -0.285. The van der Waals surface area contributed by atoms with E-state index in [1.54, 1.807) is 13.1 Å². The summed E-state index contributed by atoms with van der Waals surface area (Å²) in [6.07, 6.45) is 2.94. The van der Waals surface area contributed by atoms with E-state index in [0.717, 1.165) is 5.56 Å². The van der Waals surface area contributed by atoms with Gasteiger partial charge in [-0.15, -0.1) is 0 Å². The number of hydrogen-bond donors (Lipinski definition) is 2. The van der Waals surface area contributed by atoms with E-state index < -0.39 is 0 Å². The van der Waals surface area contributed by atoms with Crippen LogP contribution < -0.4 is 10.6 Å². The summed E-state index contributed by atoms with van der Waals surface area (Å²) in [7, 11) is 1.74. The number of aromatic nitrogens is 2. The topological polar surface area (TPSA) is 66.9 Å². The van der Waals surface area contributed by atoms with Gasteiger partial charge in [0.05, 0.1) is 18.4 Å². The van der Waals surface area contributed by atoms with E-state index in [2.05, 4.69) is 20.6 Å². The summed E-state index contributed by atoms with van der Waals surface area (Å²) >= 11 is 6.10. The number of halogens is 1. The molecule has 0 fully saturated rings. The van der Waals surface area contributed by atoms with Crippen LogP contribution >= 0.6 is 11.6 Å². The third-order valence-corrected chi connectivity index (χ3v) is 3.20. The fourth-order valence-electron chi connectivity index (χ4n) is 1.75. The van der Waals surface area contributed by atoms with Gasteiger partial charge in [0.1, 0.15) is 11.5 Å². The maximum atomic E-state index is 12.1. The van der Waals surface area contributed by atoms with Crippen LogP contribution in [0.1, 0.15) is 29.0 Å². The number of carbonyl (C=O) groups excluding carboxylic acids is 1. The molecule has 6 heteroatoms. The van der Waals surface area contributed by atoms with Crippen LogP contribution in [0.15, 0.2) is 36.7 Å². The molecule has 0 saturated heterocycles. The number of hydrogen-bond acceptors (Lipinski definition) is 4. The third-order valence-electron chi connectivity index (χ3n) is 2.86. The van der Waals surface area contributed by atoms with Crippen molar-refractivity contribution < 1.29 is 4.79 Å². The highest BCUT2D eigenvalue weighted by atomic mass is 35.5. The first-order valence-electron chi connectivity index (χ1n) is 6.17. The predicted octanol–water partition coefficient (Wildman–Crippen LogP) is 2.66. The quantitative estimate of drug-likeness (QED) is 0.908. The smallest absolute Gasteiger partial charge is 0.271 e. The third kappa shape index (κ3) is 3.24. The molecule has 2 rings (SSSR count). The van der Waals surface area contributed by atoms with Crippen molar-refractivity contribution in [1.82, 2.24) is 15.3 Å². The second kappa shape index (κ2) is 6.34. The highest BCUT2D eigenvalue weighted by Gasteiger charge is 2.14. The van der Waals surface area contributed by atoms with Crippen molar-refractivity contribution in [3.63, 3.8) is 0 Å². The molecular formula is C14H15ClN4O. The van der Waals surface area contributed by atoms with E-state index >= 15 is 0 Å². The fourth-order valence-corrected chi connectivity index (χ4v) is 2.05. The lowest BCUT2D eigenvalue weighted by Gasteiger charge is -2.15. The Morgan fingerprint density at radius 1 is 1.25 bits per heavy atom. The zero-order chi connectivity index (χ0) is 14.5. The minimum Gasteiger partial charge on any atom is -0.372 e. The maximum absolute atomic E-state index is 12.1. The second-order valence-electron chi connectivity index (χ2n) is 4.25. The molecule has 1 atom stereocenters. The lowest BCUT2D eigenvalue weighted by molar-refractivity contribution is 0.0934. The number of rotatable bonds is 4. The van der Waals surface area contributed by atoms with Crippen molar-refractivity contribution in [2.24, 2.45) is 0 Å². The molecule has 0 spiro atoms. The van der Waals surface area contributed by atoms with E-state index in [1.165, 1.54) is 12.4 Å². The Balaban J connectivity index is 2.09. The molecule has 1 aromatic carbocycles. The van der Waals surface area contributed by atoms with Crippen molar-refractivity contribution >= 4 is 23.3 Å². The highest BCUT2D eigenvalue weighted by Crippen LogP contribution is 2.22. The van der Waals surface area contributed by atoms with Crippen LogP contribution in [0.4, 0.5) is 5.82 Å². The van der Waals surface area contributed by atoms with Gasteiger partial charge in [-0.2, -0.15) is 0 Å². The number of anilines is 1. The molecule has 20 heavy (non-hydrogen) atoms. The van der Waals surface area contributed by atoms with Crippen LogP contribution in [-0.2, 0) is 0 Å². The monoisotopic (exact) mass is 290 g/mol. The van der Waals surface area contributed by atoms with Gasteiger partial charge in [0.25, 0.3) is 5.91 Å². The van der Waals surface area contributed by atoms with Crippen LogP contribution in [0.2, 0.25) is 5.02 Å². The van der Waals surface area contributed by atoms with Crippen LogP contribution in [0.5, 0.6) is 0 Å². The zero-order valence-corrected chi connectivity index (χ0v) is 12.0. The fraction of sp³-hybridized carbons (Fsp3) is 0.214. The van der Waals surface area contributed by atoms with Gasteiger partial charge < -0.3 is 10.6 Å². The predicted molar refractivity (Wildman–Crippen MR) is 78.9 cm³/mol. The van der Waals surface area contributed by atoms with Crippen molar-refractivity contribution in [2.75, 3.05) is 12.4 Å². The first-order valence-corrected chi connectivity index (χ1v) is 6.54. The normalized spacial score (nSPS) is 11.8. The molecule has 1 aromatic heterocycles. The molecule has 0 saturated carbocycles. The van der Waals surface area contributed by atoms with Crippen LogP contribution in [0.3, 0.4) is 0 Å². The van der Waals surface area contributed by atoms with Gasteiger partial charge in [-0.25, -0.2) is 9.97 Å². The number of nitrogens with one attached hydrogen (secondary N) is 2. The summed E-state index contributed by atoms with van der Waals surface area (Å²) in [6, 6.07) is 7.19. The van der Waals surface area contributed by atoms with Crippen molar-refractivity contribution in [3.8, 4) is 0 Å². The average molecular weight is 291 g/mol. The van der Waals surface area contributed by atoms with Crippen LogP contribution in [0.25, 0.3) is 0 Å². The minimum absolute atomic E-state index is 0.207. The summed E-state index contributed by atoms with van der Waals surface area (Å²) in [4.78, 5) is 20.2. The van der Waals surface area contributed by atoms with Gasteiger partial charge in [-0.05, 0) is 18.6 Å². The Kier molecular flexibility index (Phi) is 4.53. The number of amides is 1. The van der Waals surface area contributed by atoms with Crippen molar-refractivity contribution in [3.05, 3.63) is 52.9 Å². The second-order valence-corrected chi connectivity index (χ2v) is 4.66. The first-order chi connectivity index (χ1) is 9.61. The lowest BCUT2D eigenvalue weighted by Crippen LogP contribution is -2.27. The van der Waals surface area contributed by atoms with Crippen molar-refractivity contribution in [2.45, 2.75) is 13.0 Å². The molecule has 0 bridgehead atoms. The molecule has 5 nitrogen and oxygen atoms in total. The molecular weight excluding hydrogens is 276 g/mol. The van der Waals surface area contributed by atoms with Gasteiger partial charge in [0.15, 0.2) is 0 Å². The van der Waals surface area contributed by atoms with E-state index in [0.29, 0.717) is 10.8 Å². The summed E-state index contributed by atoms with van der Waals surface area (Å²) in [5, 5.41) is 6.31. The lowest BCUT2D eigenvalue weighted by atomic mass is 10.1. The first kappa shape index (κ1) is 14.3. The molecule has 0 radical (unpaired) electrons. The largest absolute Gasteiger partial charge is 0.372 e. The van der Waals surface area contributed by atoms with Gasteiger partial charge in [-0.1, -0.05) is 29.8 Å². The molecule has 0 aliphatic heterocycles.